The summed E-state index contributed by atoms with van der Waals surface area (Å²) in [5.41, 5.74) is 3.39. The van der Waals surface area contributed by atoms with Gasteiger partial charge in [-0.1, -0.05) is 230 Å². The molecule has 0 aliphatic rings. The van der Waals surface area contributed by atoms with Gasteiger partial charge in [0.25, 0.3) is 0 Å². The summed E-state index contributed by atoms with van der Waals surface area (Å²) < 4.78 is 13.1. The Bertz CT molecular complexity index is 1070. The number of thiocarbonyl (C=S) groups is 1. The minimum absolute atomic E-state index is 0.766. The Labute approximate surface area is 322 Å². The molecule has 0 aliphatic carbocycles. The molecule has 0 spiro atoms. The van der Waals surface area contributed by atoms with Crippen molar-refractivity contribution >= 4 is 23.2 Å². The van der Waals surface area contributed by atoms with Crippen LogP contribution in [0.1, 0.15) is 211 Å². The summed E-state index contributed by atoms with van der Waals surface area (Å²) in [6, 6.07) is 14.7. The molecule has 0 amide bonds. The average molecular weight is 719 g/mol. The van der Waals surface area contributed by atoms with Crippen LogP contribution in [0.25, 0.3) is 6.08 Å². The van der Waals surface area contributed by atoms with E-state index in [9.17, 15) is 0 Å². The van der Waals surface area contributed by atoms with E-state index in [0.717, 1.165) is 66.4 Å². The first kappa shape index (κ1) is 45.0. The summed E-state index contributed by atoms with van der Waals surface area (Å²) in [5.74, 6) is 1.98. The van der Waals surface area contributed by atoms with Crippen LogP contribution < -0.4 is 9.47 Å². The zero-order valence-electron chi connectivity index (χ0n) is 33.6. The highest BCUT2D eigenvalue weighted by molar-refractivity contribution is 7.81. The van der Waals surface area contributed by atoms with Gasteiger partial charge >= 0.3 is 0 Å². The number of ether oxygens (including phenoxy) is 2. The van der Waals surface area contributed by atoms with Crippen LogP contribution in [0.2, 0.25) is 0 Å². The van der Waals surface area contributed by atoms with Gasteiger partial charge in [0.05, 0.1) is 13.2 Å². The summed E-state index contributed by atoms with van der Waals surface area (Å²) in [4.78, 5) is 0.845. The molecule has 0 aliphatic heterocycles. The van der Waals surface area contributed by atoms with Crippen molar-refractivity contribution in [1.82, 2.24) is 0 Å². The number of unbranched alkanes of at least 4 members (excludes halogenated alkanes) is 24. The van der Waals surface area contributed by atoms with Crippen LogP contribution in [-0.4, -0.2) is 18.1 Å². The van der Waals surface area contributed by atoms with Gasteiger partial charge in [-0.25, -0.2) is 0 Å². The molecule has 0 radical (unpaired) electrons. The summed E-state index contributed by atoms with van der Waals surface area (Å²) in [7, 11) is 0. The molecule has 3 heteroatoms. The second-order valence-electron chi connectivity index (χ2n) is 15.0. The maximum absolute atomic E-state index is 6.54. The van der Waals surface area contributed by atoms with Gasteiger partial charge in [-0.05, 0) is 48.6 Å². The summed E-state index contributed by atoms with van der Waals surface area (Å²) in [6.07, 6.45) is 41.6. The minimum Gasteiger partial charge on any atom is -0.493 e. The maximum atomic E-state index is 6.54. The van der Waals surface area contributed by atoms with Gasteiger partial charge in [-0.3, -0.25) is 0 Å². The molecule has 2 rings (SSSR count). The zero-order chi connectivity index (χ0) is 36.5. The minimum atomic E-state index is 0.766. The summed E-state index contributed by atoms with van der Waals surface area (Å²) in [5, 5.41) is 0. The monoisotopic (exact) mass is 719 g/mol. The van der Waals surface area contributed by atoms with Crippen molar-refractivity contribution in [2.45, 2.75) is 201 Å². The Balaban J connectivity index is 1.83. The van der Waals surface area contributed by atoms with Crippen LogP contribution in [0.4, 0.5) is 0 Å². The topological polar surface area (TPSA) is 18.5 Å². The van der Waals surface area contributed by atoms with E-state index in [4.69, 9.17) is 21.7 Å². The lowest BCUT2D eigenvalue weighted by Gasteiger charge is -2.18. The van der Waals surface area contributed by atoms with Crippen molar-refractivity contribution in [3.8, 4) is 11.5 Å². The van der Waals surface area contributed by atoms with E-state index in [1.54, 1.807) is 0 Å². The van der Waals surface area contributed by atoms with E-state index >= 15 is 0 Å². The van der Waals surface area contributed by atoms with E-state index in [2.05, 4.69) is 51.1 Å². The van der Waals surface area contributed by atoms with Crippen molar-refractivity contribution in [2.24, 2.45) is 0 Å². The van der Waals surface area contributed by atoms with Gasteiger partial charge in [-0.2, -0.15) is 0 Å². The van der Waals surface area contributed by atoms with Crippen LogP contribution >= 0.6 is 12.2 Å². The average Bonchev–Trinajstić information content (AvgIpc) is 3.15. The molecule has 0 heterocycles. The Morgan fingerprint density at radius 2 is 0.863 bits per heavy atom. The number of hydrogen-bond donors (Lipinski definition) is 0. The number of hydrogen-bond acceptors (Lipinski definition) is 3. The lowest BCUT2D eigenvalue weighted by atomic mass is 10.0. The Kier molecular flexibility index (Phi) is 28.7. The van der Waals surface area contributed by atoms with Crippen LogP contribution in [0.3, 0.4) is 0 Å². The molecular weight excluding hydrogens is 641 g/mol. The van der Waals surface area contributed by atoms with Gasteiger partial charge in [0, 0.05) is 10.4 Å². The highest BCUT2D eigenvalue weighted by atomic mass is 32.1. The van der Waals surface area contributed by atoms with E-state index in [-0.39, 0.29) is 0 Å². The first-order valence-electron chi connectivity index (χ1n) is 21.9. The second kappa shape index (κ2) is 32.5. The van der Waals surface area contributed by atoms with Gasteiger partial charge in [0.15, 0.2) is 0 Å². The van der Waals surface area contributed by atoms with Crippen molar-refractivity contribution < 1.29 is 9.47 Å². The lowest BCUT2D eigenvalue weighted by molar-refractivity contribution is 0.284. The van der Waals surface area contributed by atoms with E-state index in [1.165, 1.54) is 160 Å². The number of allylic oxidation sites excluding steroid dienone is 1. The van der Waals surface area contributed by atoms with E-state index in [0.29, 0.717) is 0 Å². The normalized spacial score (nSPS) is 11.4. The van der Waals surface area contributed by atoms with Crippen molar-refractivity contribution in [3.05, 3.63) is 65.2 Å². The molecule has 0 bridgehead atoms. The molecule has 0 atom stereocenters. The molecule has 0 unspecified atom stereocenters. The zero-order valence-corrected chi connectivity index (χ0v) is 34.5. The van der Waals surface area contributed by atoms with Gasteiger partial charge < -0.3 is 9.47 Å². The van der Waals surface area contributed by atoms with Crippen molar-refractivity contribution in [3.63, 3.8) is 0 Å². The third-order valence-corrected chi connectivity index (χ3v) is 10.6. The fraction of sp³-hybridized carbons (Fsp3) is 0.688. The van der Waals surface area contributed by atoms with Gasteiger partial charge in [0.1, 0.15) is 11.5 Å². The summed E-state index contributed by atoms with van der Waals surface area (Å²) >= 11 is 5.74. The van der Waals surface area contributed by atoms with Crippen molar-refractivity contribution in [1.29, 1.82) is 0 Å². The molecule has 288 valence electrons. The third kappa shape index (κ3) is 23.2. The molecule has 0 N–H and O–H groups in total. The molecule has 0 fully saturated rings. The van der Waals surface area contributed by atoms with Crippen LogP contribution in [-0.2, 0) is 6.42 Å². The predicted octanol–water partition coefficient (Wildman–Crippen LogP) is 16.0. The molecule has 0 saturated carbocycles. The third-order valence-electron chi connectivity index (χ3n) is 10.2. The van der Waals surface area contributed by atoms with Gasteiger partial charge in [0.2, 0.25) is 0 Å². The largest absolute Gasteiger partial charge is 0.493 e. The highest BCUT2D eigenvalue weighted by Gasteiger charge is 2.13. The van der Waals surface area contributed by atoms with Crippen LogP contribution in [0, 0.1) is 0 Å². The molecule has 0 saturated heterocycles. The van der Waals surface area contributed by atoms with Crippen molar-refractivity contribution in [2.75, 3.05) is 13.2 Å². The molecule has 2 aromatic rings. The number of benzene rings is 2. The lowest BCUT2D eigenvalue weighted by Crippen LogP contribution is -2.05. The van der Waals surface area contributed by atoms with Gasteiger partial charge in [-0.15, -0.1) is 0 Å². The molecule has 2 aromatic carbocycles. The SMILES string of the molecule is CCCCCCCCCCCCCCCOc1cc(C=CC(=S)c2ccccc2)cc(OCCCCCCCCCCCCCCC)c1CCC. The number of rotatable bonds is 35. The van der Waals surface area contributed by atoms with Crippen LogP contribution in [0.5, 0.6) is 11.5 Å². The Morgan fingerprint density at radius 1 is 0.490 bits per heavy atom. The quantitative estimate of drug-likeness (QED) is 0.0306. The molecule has 51 heavy (non-hydrogen) atoms. The maximum Gasteiger partial charge on any atom is 0.126 e. The standard InChI is InChI=1S/C48H78O2S/c1-4-7-9-11-13-15-17-19-21-23-25-27-32-39-49-46-41-43(37-38-48(51)44-35-30-29-31-36-44)42-47(45(46)34-6-3)50-40-33-28-26-24-22-20-18-16-14-12-10-8-5-2/h29-31,35-38,41-42H,4-28,32-34,39-40H2,1-3H3. The van der Waals surface area contributed by atoms with Crippen LogP contribution in [0.15, 0.2) is 48.5 Å². The fourth-order valence-corrected chi connectivity index (χ4v) is 7.17. The molecular formula is C48H78O2S. The molecule has 2 nitrogen and oxygen atoms in total. The van der Waals surface area contributed by atoms with E-state index in [1.807, 2.05) is 24.3 Å². The Hall–Kier alpha value is -2.13. The summed E-state index contributed by atoms with van der Waals surface area (Å²) in [6.45, 7) is 8.37. The highest BCUT2D eigenvalue weighted by Crippen LogP contribution is 2.33. The fourth-order valence-electron chi connectivity index (χ4n) is 6.96. The first-order valence-corrected chi connectivity index (χ1v) is 22.3. The smallest absolute Gasteiger partial charge is 0.126 e. The molecule has 0 aromatic heterocycles. The predicted molar refractivity (Wildman–Crippen MR) is 230 cm³/mol. The second-order valence-corrected chi connectivity index (χ2v) is 15.4. The Morgan fingerprint density at radius 3 is 1.24 bits per heavy atom. The first-order chi connectivity index (χ1) is 25.2. The van der Waals surface area contributed by atoms with E-state index < -0.39 is 0 Å².